The topological polar surface area (TPSA) is 69.2 Å². The minimum Gasteiger partial charge on any atom is -0.493 e. The SMILES string of the molecule is COc1cc(/C=N\NC(=O)c2ccc(OCc3ccc(Cl)cc3)cc2)ccc1OCc1ccc(Cl)cc1. The number of hydrazone groups is 1. The summed E-state index contributed by atoms with van der Waals surface area (Å²) in [6.07, 6.45) is 1.53. The van der Waals surface area contributed by atoms with Crippen molar-refractivity contribution in [2.24, 2.45) is 5.10 Å². The zero-order valence-electron chi connectivity index (χ0n) is 20.0. The Morgan fingerprint density at radius 3 is 1.97 bits per heavy atom. The van der Waals surface area contributed by atoms with Crippen molar-refractivity contribution in [1.29, 1.82) is 0 Å². The van der Waals surface area contributed by atoms with Gasteiger partial charge in [-0.2, -0.15) is 5.10 Å². The van der Waals surface area contributed by atoms with Gasteiger partial charge < -0.3 is 14.2 Å². The molecule has 0 radical (unpaired) electrons. The maximum absolute atomic E-state index is 12.4. The number of carbonyl (C=O) groups excluding carboxylic acids is 1. The minimum atomic E-state index is -0.338. The largest absolute Gasteiger partial charge is 0.493 e. The fourth-order valence-corrected chi connectivity index (χ4v) is 3.56. The fraction of sp³-hybridized carbons (Fsp3) is 0.103. The zero-order chi connectivity index (χ0) is 26.0. The highest BCUT2D eigenvalue weighted by Gasteiger charge is 2.07. The van der Waals surface area contributed by atoms with Crippen LogP contribution in [0.1, 0.15) is 27.0 Å². The first kappa shape index (κ1) is 26.1. The molecule has 0 aliphatic carbocycles. The molecule has 0 fully saturated rings. The van der Waals surface area contributed by atoms with Crippen LogP contribution in [-0.2, 0) is 13.2 Å². The van der Waals surface area contributed by atoms with E-state index in [9.17, 15) is 4.79 Å². The predicted molar refractivity (Wildman–Crippen MR) is 146 cm³/mol. The molecule has 0 aromatic heterocycles. The normalized spacial score (nSPS) is 10.8. The summed E-state index contributed by atoms with van der Waals surface area (Å²) in [6, 6.07) is 27.1. The van der Waals surface area contributed by atoms with E-state index in [1.807, 2.05) is 54.6 Å². The Hall–Kier alpha value is -4.00. The number of benzene rings is 4. The Morgan fingerprint density at radius 2 is 1.38 bits per heavy atom. The van der Waals surface area contributed by atoms with E-state index in [1.165, 1.54) is 6.21 Å². The number of halogens is 2. The van der Waals surface area contributed by atoms with Crippen LogP contribution in [0.4, 0.5) is 0 Å². The van der Waals surface area contributed by atoms with E-state index >= 15 is 0 Å². The van der Waals surface area contributed by atoms with E-state index in [4.69, 9.17) is 37.4 Å². The summed E-state index contributed by atoms with van der Waals surface area (Å²) >= 11 is 11.8. The van der Waals surface area contributed by atoms with Crippen LogP contribution in [0.15, 0.2) is 96.1 Å². The molecule has 0 bridgehead atoms. The number of rotatable bonds is 10. The highest BCUT2D eigenvalue weighted by atomic mass is 35.5. The highest BCUT2D eigenvalue weighted by Crippen LogP contribution is 2.28. The lowest BCUT2D eigenvalue weighted by atomic mass is 10.2. The van der Waals surface area contributed by atoms with E-state index in [-0.39, 0.29) is 5.91 Å². The monoisotopic (exact) mass is 534 g/mol. The number of methoxy groups -OCH3 is 1. The van der Waals surface area contributed by atoms with E-state index in [2.05, 4.69) is 10.5 Å². The van der Waals surface area contributed by atoms with Crippen molar-refractivity contribution in [3.05, 3.63) is 123 Å². The summed E-state index contributed by atoms with van der Waals surface area (Å²) in [6.45, 7) is 0.781. The molecular weight excluding hydrogens is 511 g/mol. The number of nitrogens with zero attached hydrogens (tertiary/aromatic N) is 1. The number of nitrogens with one attached hydrogen (secondary N) is 1. The quantitative estimate of drug-likeness (QED) is 0.177. The average molecular weight is 535 g/mol. The third-order valence-corrected chi connectivity index (χ3v) is 5.81. The lowest BCUT2D eigenvalue weighted by Gasteiger charge is -2.11. The summed E-state index contributed by atoms with van der Waals surface area (Å²) in [7, 11) is 1.57. The Labute approximate surface area is 225 Å². The molecule has 0 heterocycles. The van der Waals surface area contributed by atoms with Crippen LogP contribution in [-0.4, -0.2) is 19.2 Å². The lowest BCUT2D eigenvalue weighted by Crippen LogP contribution is -2.17. The van der Waals surface area contributed by atoms with Crippen molar-refractivity contribution in [3.63, 3.8) is 0 Å². The van der Waals surface area contributed by atoms with Gasteiger partial charge in [-0.15, -0.1) is 0 Å². The molecule has 4 aromatic rings. The highest BCUT2D eigenvalue weighted by molar-refractivity contribution is 6.30. The van der Waals surface area contributed by atoms with Crippen LogP contribution >= 0.6 is 23.2 Å². The summed E-state index contributed by atoms with van der Waals surface area (Å²) in [5.74, 6) is 1.46. The molecule has 8 heteroatoms. The standard InChI is InChI=1S/C29H24Cl2N2O4/c1-35-28-16-22(6-15-27(28)37-19-21-4-11-25(31)12-5-21)17-32-33-29(34)23-7-13-26(14-8-23)36-18-20-2-9-24(30)10-3-20/h2-17H,18-19H2,1H3,(H,33,34)/b32-17-. The molecule has 4 aromatic carbocycles. The molecule has 0 saturated heterocycles. The van der Waals surface area contributed by atoms with E-state index in [0.717, 1.165) is 16.7 Å². The number of hydrogen-bond acceptors (Lipinski definition) is 5. The van der Waals surface area contributed by atoms with Gasteiger partial charge in [0.2, 0.25) is 0 Å². The van der Waals surface area contributed by atoms with Crippen molar-refractivity contribution >= 4 is 35.3 Å². The predicted octanol–water partition coefficient (Wildman–Crippen LogP) is 6.92. The van der Waals surface area contributed by atoms with Crippen molar-refractivity contribution in [3.8, 4) is 17.2 Å². The second-order valence-electron chi connectivity index (χ2n) is 7.96. The molecule has 0 aliphatic heterocycles. The molecule has 0 spiro atoms. The maximum Gasteiger partial charge on any atom is 0.271 e. The Bertz CT molecular complexity index is 1360. The number of carbonyl (C=O) groups is 1. The van der Waals surface area contributed by atoms with E-state index in [1.54, 1.807) is 43.5 Å². The molecule has 0 saturated carbocycles. The maximum atomic E-state index is 12.4. The van der Waals surface area contributed by atoms with Crippen LogP contribution in [0.5, 0.6) is 17.2 Å². The van der Waals surface area contributed by atoms with Crippen LogP contribution in [0, 0.1) is 0 Å². The Balaban J connectivity index is 1.29. The van der Waals surface area contributed by atoms with Gasteiger partial charge in [0.25, 0.3) is 5.91 Å². The third-order valence-electron chi connectivity index (χ3n) is 5.31. The molecule has 0 aliphatic rings. The van der Waals surface area contributed by atoms with Crippen molar-refractivity contribution in [2.75, 3.05) is 7.11 Å². The number of amides is 1. The van der Waals surface area contributed by atoms with Crippen LogP contribution in [0.3, 0.4) is 0 Å². The minimum absolute atomic E-state index is 0.338. The Kier molecular flexibility index (Phi) is 9.03. The third kappa shape index (κ3) is 7.74. The van der Waals surface area contributed by atoms with Crippen molar-refractivity contribution in [2.45, 2.75) is 13.2 Å². The van der Waals surface area contributed by atoms with Crippen molar-refractivity contribution < 1.29 is 19.0 Å². The van der Waals surface area contributed by atoms with Gasteiger partial charge in [-0.25, -0.2) is 5.43 Å². The molecule has 1 N–H and O–H groups in total. The smallest absolute Gasteiger partial charge is 0.271 e. The molecular formula is C29H24Cl2N2O4. The van der Waals surface area contributed by atoms with E-state index in [0.29, 0.717) is 46.1 Å². The molecule has 37 heavy (non-hydrogen) atoms. The van der Waals surface area contributed by atoms with Crippen LogP contribution in [0.25, 0.3) is 0 Å². The second-order valence-corrected chi connectivity index (χ2v) is 8.84. The molecule has 6 nitrogen and oxygen atoms in total. The van der Waals surface area contributed by atoms with Gasteiger partial charge in [0.05, 0.1) is 13.3 Å². The second kappa shape index (κ2) is 12.8. The van der Waals surface area contributed by atoms with Gasteiger partial charge >= 0.3 is 0 Å². The summed E-state index contributed by atoms with van der Waals surface area (Å²) in [5, 5.41) is 5.41. The van der Waals surface area contributed by atoms with Gasteiger partial charge in [-0.05, 0) is 83.4 Å². The van der Waals surface area contributed by atoms with E-state index < -0.39 is 0 Å². The lowest BCUT2D eigenvalue weighted by molar-refractivity contribution is 0.0955. The van der Waals surface area contributed by atoms with Gasteiger partial charge in [-0.3, -0.25) is 4.79 Å². The fourth-order valence-electron chi connectivity index (χ4n) is 3.31. The first-order valence-corrected chi connectivity index (χ1v) is 12.1. The summed E-state index contributed by atoms with van der Waals surface area (Å²) in [4.78, 5) is 12.4. The van der Waals surface area contributed by atoms with Gasteiger partial charge in [0, 0.05) is 15.6 Å². The number of ether oxygens (including phenoxy) is 3. The number of hydrogen-bond donors (Lipinski definition) is 1. The molecule has 188 valence electrons. The van der Waals surface area contributed by atoms with Gasteiger partial charge in [0.1, 0.15) is 19.0 Å². The molecule has 0 unspecified atom stereocenters. The molecule has 4 rings (SSSR count). The van der Waals surface area contributed by atoms with Gasteiger partial charge in [-0.1, -0.05) is 47.5 Å². The van der Waals surface area contributed by atoms with Gasteiger partial charge in [0.15, 0.2) is 11.5 Å². The average Bonchev–Trinajstić information content (AvgIpc) is 2.93. The van der Waals surface area contributed by atoms with Crippen molar-refractivity contribution in [1.82, 2.24) is 5.43 Å². The Morgan fingerprint density at radius 1 is 0.784 bits per heavy atom. The molecule has 0 atom stereocenters. The summed E-state index contributed by atoms with van der Waals surface area (Å²) in [5.41, 5.74) is 5.71. The van der Waals surface area contributed by atoms with Crippen LogP contribution in [0.2, 0.25) is 10.0 Å². The first-order valence-electron chi connectivity index (χ1n) is 11.4. The summed E-state index contributed by atoms with van der Waals surface area (Å²) < 4.78 is 17.1. The first-order chi connectivity index (χ1) is 18.0. The molecule has 1 amide bonds. The van der Waals surface area contributed by atoms with Crippen LogP contribution < -0.4 is 19.6 Å². The zero-order valence-corrected chi connectivity index (χ0v) is 21.5.